The molecule has 3 atom stereocenters. The van der Waals surface area contributed by atoms with E-state index in [1.807, 2.05) is 0 Å². The van der Waals surface area contributed by atoms with Gasteiger partial charge in [0.05, 0.1) is 5.56 Å². The molecule has 1 fully saturated rings. The van der Waals surface area contributed by atoms with Gasteiger partial charge in [-0.2, -0.15) is 0 Å². The number of aromatic nitrogens is 1. The molecule has 0 saturated heterocycles. The van der Waals surface area contributed by atoms with Gasteiger partial charge in [-0.05, 0) is 43.2 Å². The Morgan fingerprint density at radius 2 is 2.17 bits per heavy atom. The molecule has 3 unspecified atom stereocenters. The third kappa shape index (κ3) is 3.22. The number of nitrogens with zero attached hydrogens (tertiary/aromatic N) is 1. The van der Waals surface area contributed by atoms with Crippen LogP contribution in [0.3, 0.4) is 0 Å². The Bertz CT molecular complexity index is 436. The SMILES string of the molecule is CC1CCC(OC(=O)c2ccnc(Cl)c2)CC1C. The number of halogens is 1. The molecule has 3 nitrogen and oxygen atoms in total. The molecule has 1 aromatic heterocycles. The lowest BCUT2D eigenvalue weighted by molar-refractivity contribution is 0.00877. The summed E-state index contributed by atoms with van der Waals surface area (Å²) in [5.74, 6) is 1.03. The first-order chi connectivity index (χ1) is 8.56. The molecule has 98 valence electrons. The second kappa shape index (κ2) is 5.70. The van der Waals surface area contributed by atoms with E-state index < -0.39 is 0 Å². The molecule has 1 aliphatic rings. The van der Waals surface area contributed by atoms with E-state index in [1.165, 1.54) is 6.20 Å². The first-order valence-electron chi connectivity index (χ1n) is 6.39. The second-order valence-corrected chi connectivity index (χ2v) is 5.55. The fraction of sp³-hybridized carbons (Fsp3) is 0.571. The molecule has 0 radical (unpaired) electrons. The summed E-state index contributed by atoms with van der Waals surface area (Å²) < 4.78 is 5.53. The van der Waals surface area contributed by atoms with Crippen LogP contribution in [0.15, 0.2) is 18.3 Å². The summed E-state index contributed by atoms with van der Waals surface area (Å²) in [6.07, 6.45) is 4.58. The van der Waals surface area contributed by atoms with Gasteiger partial charge < -0.3 is 4.74 Å². The van der Waals surface area contributed by atoms with Crippen molar-refractivity contribution in [3.8, 4) is 0 Å². The Morgan fingerprint density at radius 3 is 2.83 bits per heavy atom. The summed E-state index contributed by atoms with van der Waals surface area (Å²) in [7, 11) is 0. The minimum absolute atomic E-state index is 0.0376. The average Bonchev–Trinajstić information content (AvgIpc) is 2.34. The van der Waals surface area contributed by atoms with Crippen LogP contribution >= 0.6 is 11.6 Å². The zero-order chi connectivity index (χ0) is 13.1. The minimum atomic E-state index is -0.300. The maximum Gasteiger partial charge on any atom is 0.338 e. The van der Waals surface area contributed by atoms with E-state index in [4.69, 9.17) is 16.3 Å². The fourth-order valence-corrected chi connectivity index (χ4v) is 2.53. The molecule has 0 amide bonds. The first kappa shape index (κ1) is 13.3. The number of hydrogen-bond acceptors (Lipinski definition) is 3. The van der Waals surface area contributed by atoms with E-state index in [1.54, 1.807) is 12.1 Å². The minimum Gasteiger partial charge on any atom is -0.459 e. The third-order valence-electron chi connectivity index (χ3n) is 3.79. The van der Waals surface area contributed by atoms with Crippen molar-refractivity contribution in [2.75, 3.05) is 0 Å². The van der Waals surface area contributed by atoms with Gasteiger partial charge in [0.1, 0.15) is 11.3 Å². The third-order valence-corrected chi connectivity index (χ3v) is 3.99. The summed E-state index contributed by atoms with van der Waals surface area (Å²) in [6.45, 7) is 4.47. The van der Waals surface area contributed by atoms with Crippen LogP contribution in [0.5, 0.6) is 0 Å². The quantitative estimate of drug-likeness (QED) is 0.606. The van der Waals surface area contributed by atoms with Crippen molar-refractivity contribution < 1.29 is 9.53 Å². The highest BCUT2D eigenvalue weighted by Crippen LogP contribution is 2.31. The summed E-state index contributed by atoms with van der Waals surface area (Å²) in [5, 5.41) is 0.315. The number of esters is 1. The summed E-state index contributed by atoms with van der Waals surface area (Å²) in [6, 6.07) is 3.17. The van der Waals surface area contributed by atoms with Crippen molar-refractivity contribution in [3.63, 3.8) is 0 Å². The van der Waals surface area contributed by atoms with E-state index in [2.05, 4.69) is 18.8 Å². The highest BCUT2D eigenvalue weighted by Gasteiger charge is 2.27. The van der Waals surface area contributed by atoms with E-state index in [0.29, 0.717) is 16.6 Å². The van der Waals surface area contributed by atoms with Gasteiger partial charge >= 0.3 is 5.97 Å². The number of carbonyl (C=O) groups excluding carboxylic acids is 1. The topological polar surface area (TPSA) is 39.2 Å². The van der Waals surface area contributed by atoms with Gasteiger partial charge in [0, 0.05) is 6.20 Å². The van der Waals surface area contributed by atoms with Gasteiger partial charge in [0.2, 0.25) is 0 Å². The normalized spacial score (nSPS) is 27.8. The highest BCUT2D eigenvalue weighted by molar-refractivity contribution is 6.29. The fourth-order valence-electron chi connectivity index (χ4n) is 2.35. The number of carbonyl (C=O) groups is 1. The van der Waals surface area contributed by atoms with Crippen LogP contribution in [0.2, 0.25) is 5.15 Å². The zero-order valence-corrected chi connectivity index (χ0v) is 11.5. The second-order valence-electron chi connectivity index (χ2n) is 5.16. The highest BCUT2D eigenvalue weighted by atomic mass is 35.5. The Morgan fingerprint density at radius 1 is 1.39 bits per heavy atom. The zero-order valence-electron chi connectivity index (χ0n) is 10.7. The molecule has 4 heteroatoms. The Hall–Kier alpha value is -1.09. The maximum atomic E-state index is 11.9. The van der Waals surface area contributed by atoms with Gasteiger partial charge in [0.15, 0.2) is 0 Å². The van der Waals surface area contributed by atoms with Gasteiger partial charge in [-0.1, -0.05) is 25.4 Å². The molecular weight excluding hydrogens is 250 g/mol. The summed E-state index contributed by atoms with van der Waals surface area (Å²) in [5.41, 5.74) is 0.473. The van der Waals surface area contributed by atoms with E-state index in [0.717, 1.165) is 25.2 Å². The van der Waals surface area contributed by atoms with Crippen molar-refractivity contribution in [3.05, 3.63) is 29.0 Å². The van der Waals surface area contributed by atoms with Crippen LogP contribution in [-0.4, -0.2) is 17.1 Å². The smallest absolute Gasteiger partial charge is 0.338 e. The Balaban J connectivity index is 1.96. The molecule has 1 saturated carbocycles. The predicted octanol–water partition coefficient (Wildman–Crippen LogP) is 3.72. The molecule has 1 aromatic rings. The molecule has 0 bridgehead atoms. The van der Waals surface area contributed by atoms with Crippen molar-refractivity contribution in [2.24, 2.45) is 11.8 Å². The molecule has 0 N–H and O–H groups in total. The van der Waals surface area contributed by atoms with Crippen molar-refractivity contribution in [1.82, 2.24) is 4.98 Å². The lowest BCUT2D eigenvalue weighted by Gasteiger charge is -2.31. The first-order valence-corrected chi connectivity index (χ1v) is 6.76. The number of ether oxygens (including phenoxy) is 1. The van der Waals surface area contributed by atoms with Crippen LogP contribution in [0, 0.1) is 11.8 Å². The molecule has 1 aliphatic carbocycles. The van der Waals surface area contributed by atoms with E-state index in [9.17, 15) is 4.79 Å². The van der Waals surface area contributed by atoms with Crippen molar-refractivity contribution in [1.29, 1.82) is 0 Å². The van der Waals surface area contributed by atoms with Crippen LogP contribution in [0.25, 0.3) is 0 Å². The summed E-state index contributed by atoms with van der Waals surface area (Å²) >= 11 is 5.76. The maximum absolute atomic E-state index is 11.9. The number of rotatable bonds is 2. The molecular formula is C14H18ClNO2. The van der Waals surface area contributed by atoms with Gasteiger partial charge in [-0.25, -0.2) is 9.78 Å². The Labute approximate surface area is 113 Å². The molecule has 18 heavy (non-hydrogen) atoms. The number of hydrogen-bond donors (Lipinski definition) is 0. The lowest BCUT2D eigenvalue weighted by Crippen LogP contribution is -2.28. The van der Waals surface area contributed by atoms with Crippen LogP contribution in [-0.2, 0) is 4.74 Å². The van der Waals surface area contributed by atoms with Crippen molar-refractivity contribution in [2.45, 2.75) is 39.2 Å². The molecule has 0 spiro atoms. The van der Waals surface area contributed by atoms with Gasteiger partial charge in [0.25, 0.3) is 0 Å². The molecule has 1 heterocycles. The molecule has 2 rings (SSSR count). The average molecular weight is 268 g/mol. The van der Waals surface area contributed by atoms with Crippen LogP contribution < -0.4 is 0 Å². The standard InChI is InChI=1S/C14H18ClNO2/c1-9-3-4-12(7-10(9)2)18-14(17)11-5-6-16-13(15)8-11/h5-6,8-10,12H,3-4,7H2,1-2H3. The molecule has 0 aliphatic heterocycles. The largest absolute Gasteiger partial charge is 0.459 e. The van der Waals surface area contributed by atoms with E-state index >= 15 is 0 Å². The van der Waals surface area contributed by atoms with Crippen molar-refractivity contribution >= 4 is 17.6 Å². The lowest BCUT2D eigenvalue weighted by atomic mass is 9.80. The molecule has 0 aromatic carbocycles. The summed E-state index contributed by atoms with van der Waals surface area (Å²) in [4.78, 5) is 15.8. The van der Waals surface area contributed by atoms with Crippen LogP contribution in [0.4, 0.5) is 0 Å². The monoisotopic (exact) mass is 267 g/mol. The van der Waals surface area contributed by atoms with Gasteiger partial charge in [-0.3, -0.25) is 0 Å². The Kier molecular flexibility index (Phi) is 4.23. The van der Waals surface area contributed by atoms with Gasteiger partial charge in [-0.15, -0.1) is 0 Å². The number of pyridine rings is 1. The van der Waals surface area contributed by atoms with E-state index in [-0.39, 0.29) is 12.1 Å². The van der Waals surface area contributed by atoms with Crippen LogP contribution in [0.1, 0.15) is 43.5 Å². The predicted molar refractivity (Wildman–Crippen MR) is 70.6 cm³/mol.